The van der Waals surface area contributed by atoms with Crippen LogP contribution in [-0.2, 0) is 14.3 Å². The van der Waals surface area contributed by atoms with Crippen LogP contribution in [0.25, 0.3) is 0 Å². The van der Waals surface area contributed by atoms with Crippen LogP contribution in [0.1, 0.15) is 0 Å². The Morgan fingerprint density at radius 2 is 2.25 bits per heavy atom. The minimum atomic E-state index is -0.574. The molecular weight excluding hydrogens is 210 g/mol. The average molecular weight is 231 g/mol. The van der Waals surface area contributed by atoms with Gasteiger partial charge in [0.15, 0.2) is 0 Å². The maximum Gasteiger partial charge on any atom is 0.239 e. The summed E-state index contributed by atoms with van der Waals surface area (Å²) >= 11 is 0. The van der Waals surface area contributed by atoms with E-state index in [0.717, 1.165) is 32.8 Å². The number of carbonyl (C=O) groups is 1. The molecule has 1 saturated heterocycles. The van der Waals surface area contributed by atoms with Crippen LogP contribution in [0, 0.1) is 0 Å². The summed E-state index contributed by atoms with van der Waals surface area (Å²) in [6.07, 6.45) is 0. The molecule has 6 heteroatoms. The molecule has 1 amide bonds. The molecule has 0 aromatic heterocycles. The summed E-state index contributed by atoms with van der Waals surface area (Å²) in [6, 6.07) is -0.574. The van der Waals surface area contributed by atoms with Gasteiger partial charge in [-0.25, -0.2) is 0 Å². The smallest absolute Gasteiger partial charge is 0.239 e. The predicted molar refractivity (Wildman–Crippen MR) is 60.1 cm³/mol. The van der Waals surface area contributed by atoms with Gasteiger partial charge in [-0.3, -0.25) is 9.69 Å². The maximum absolute atomic E-state index is 11.4. The Labute approximate surface area is 96.1 Å². The van der Waals surface area contributed by atoms with Crippen molar-refractivity contribution in [3.63, 3.8) is 0 Å². The predicted octanol–water partition coefficient (Wildman–Crippen LogP) is -1.59. The molecule has 1 rings (SSSR count). The number of nitrogens with one attached hydrogen (secondary N) is 1. The molecule has 16 heavy (non-hydrogen) atoms. The quantitative estimate of drug-likeness (QED) is 0.576. The first-order valence-electron chi connectivity index (χ1n) is 5.56. The van der Waals surface area contributed by atoms with Crippen molar-refractivity contribution in [1.82, 2.24) is 10.2 Å². The zero-order valence-corrected chi connectivity index (χ0v) is 9.78. The van der Waals surface area contributed by atoms with E-state index in [4.69, 9.17) is 15.2 Å². The molecule has 94 valence electrons. The molecule has 0 aliphatic carbocycles. The van der Waals surface area contributed by atoms with Gasteiger partial charge in [0.1, 0.15) is 6.04 Å². The van der Waals surface area contributed by atoms with Crippen molar-refractivity contribution in [3.05, 3.63) is 0 Å². The first kappa shape index (κ1) is 13.4. The van der Waals surface area contributed by atoms with Crippen LogP contribution in [0.15, 0.2) is 0 Å². The van der Waals surface area contributed by atoms with E-state index in [2.05, 4.69) is 10.2 Å². The van der Waals surface area contributed by atoms with Gasteiger partial charge in [-0.15, -0.1) is 0 Å². The molecule has 6 nitrogen and oxygen atoms in total. The molecule has 0 bridgehead atoms. The summed E-state index contributed by atoms with van der Waals surface area (Å²) in [7, 11) is 1.53. The summed E-state index contributed by atoms with van der Waals surface area (Å²) in [6.45, 7) is 5.13. The number of methoxy groups -OCH3 is 1. The van der Waals surface area contributed by atoms with Crippen LogP contribution < -0.4 is 11.1 Å². The van der Waals surface area contributed by atoms with Gasteiger partial charge in [0.2, 0.25) is 5.91 Å². The van der Waals surface area contributed by atoms with E-state index in [1.54, 1.807) is 0 Å². The van der Waals surface area contributed by atoms with Crippen LogP contribution >= 0.6 is 0 Å². The molecule has 0 aromatic rings. The fourth-order valence-corrected chi connectivity index (χ4v) is 1.55. The van der Waals surface area contributed by atoms with Crippen LogP contribution in [0.2, 0.25) is 0 Å². The van der Waals surface area contributed by atoms with Gasteiger partial charge in [0.25, 0.3) is 0 Å². The monoisotopic (exact) mass is 231 g/mol. The number of hydrogen-bond acceptors (Lipinski definition) is 5. The number of ether oxygens (including phenoxy) is 2. The largest absolute Gasteiger partial charge is 0.383 e. The van der Waals surface area contributed by atoms with E-state index in [1.807, 2.05) is 0 Å². The lowest BCUT2D eigenvalue weighted by atomic mass is 10.3. The van der Waals surface area contributed by atoms with Gasteiger partial charge < -0.3 is 20.5 Å². The van der Waals surface area contributed by atoms with Gasteiger partial charge in [-0.2, -0.15) is 0 Å². The summed E-state index contributed by atoms with van der Waals surface area (Å²) < 4.78 is 10.0. The molecule has 1 heterocycles. The van der Waals surface area contributed by atoms with Gasteiger partial charge in [0, 0.05) is 33.3 Å². The lowest BCUT2D eigenvalue weighted by molar-refractivity contribution is -0.123. The summed E-state index contributed by atoms with van der Waals surface area (Å²) in [5, 5.41) is 2.79. The molecule has 0 spiro atoms. The van der Waals surface area contributed by atoms with Crippen molar-refractivity contribution < 1.29 is 14.3 Å². The SMILES string of the molecule is COCC(N)C(=O)NCCN1CCOCC1. The normalized spacial score (nSPS) is 19.4. The number of nitrogens with two attached hydrogens (primary N) is 1. The topological polar surface area (TPSA) is 76.8 Å². The summed E-state index contributed by atoms with van der Waals surface area (Å²) in [4.78, 5) is 13.7. The Morgan fingerprint density at radius 1 is 1.56 bits per heavy atom. The second kappa shape index (κ2) is 7.56. The zero-order chi connectivity index (χ0) is 11.8. The third kappa shape index (κ3) is 4.89. The highest BCUT2D eigenvalue weighted by atomic mass is 16.5. The van der Waals surface area contributed by atoms with E-state index in [1.165, 1.54) is 7.11 Å². The molecule has 0 saturated carbocycles. The maximum atomic E-state index is 11.4. The standard InChI is InChI=1S/C10H21N3O3/c1-15-8-9(11)10(14)12-2-3-13-4-6-16-7-5-13/h9H,2-8,11H2,1H3,(H,12,14). The average Bonchev–Trinajstić information content (AvgIpc) is 2.30. The molecule has 0 radical (unpaired) electrons. The Hall–Kier alpha value is -0.690. The molecule has 1 aliphatic rings. The number of carbonyl (C=O) groups excluding carboxylic acids is 1. The first-order valence-corrected chi connectivity index (χ1v) is 5.56. The fraction of sp³-hybridized carbons (Fsp3) is 0.900. The first-order chi connectivity index (χ1) is 7.74. The van der Waals surface area contributed by atoms with Crippen molar-refractivity contribution in [2.24, 2.45) is 5.73 Å². The number of hydrogen-bond donors (Lipinski definition) is 2. The van der Waals surface area contributed by atoms with E-state index < -0.39 is 6.04 Å². The van der Waals surface area contributed by atoms with Gasteiger partial charge >= 0.3 is 0 Å². The Balaban J connectivity index is 2.07. The molecular formula is C10H21N3O3. The molecule has 1 atom stereocenters. The van der Waals surface area contributed by atoms with Gasteiger partial charge in [-0.05, 0) is 0 Å². The van der Waals surface area contributed by atoms with Crippen molar-refractivity contribution in [3.8, 4) is 0 Å². The molecule has 0 aromatic carbocycles. The van der Waals surface area contributed by atoms with Crippen molar-refractivity contribution >= 4 is 5.91 Å². The van der Waals surface area contributed by atoms with Gasteiger partial charge in [-0.1, -0.05) is 0 Å². The highest BCUT2D eigenvalue weighted by Crippen LogP contribution is 1.94. The Bertz CT molecular complexity index is 207. The van der Waals surface area contributed by atoms with Crippen LogP contribution in [0.3, 0.4) is 0 Å². The van der Waals surface area contributed by atoms with E-state index in [-0.39, 0.29) is 12.5 Å². The van der Waals surface area contributed by atoms with Crippen molar-refractivity contribution in [1.29, 1.82) is 0 Å². The second-order valence-corrected chi connectivity index (χ2v) is 3.81. The number of nitrogens with zero attached hydrogens (tertiary/aromatic N) is 1. The molecule has 1 aliphatic heterocycles. The molecule has 1 unspecified atom stereocenters. The molecule has 1 fully saturated rings. The van der Waals surface area contributed by atoms with Crippen LogP contribution in [0.5, 0.6) is 0 Å². The number of amides is 1. The highest BCUT2D eigenvalue weighted by molar-refractivity contribution is 5.81. The fourth-order valence-electron chi connectivity index (χ4n) is 1.55. The lowest BCUT2D eigenvalue weighted by Crippen LogP contribution is -2.47. The molecule has 3 N–H and O–H groups in total. The van der Waals surface area contributed by atoms with E-state index in [0.29, 0.717) is 6.54 Å². The van der Waals surface area contributed by atoms with Crippen LogP contribution in [-0.4, -0.2) is 70.0 Å². The Kier molecular flexibility index (Phi) is 6.32. The summed E-state index contributed by atoms with van der Waals surface area (Å²) in [5.74, 6) is -0.157. The minimum Gasteiger partial charge on any atom is -0.383 e. The van der Waals surface area contributed by atoms with Crippen molar-refractivity contribution in [2.45, 2.75) is 6.04 Å². The summed E-state index contributed by atoms with van der Waals surface area (Å²) in [5.41, 5.74) is 5.58. The van der Waals surface area contributed by atoms with E-state index in [9.17, 15) is 4.79 Å². The second-order valence-electron chi connectivity index (χ2n) is 3.81. The van der Waals surface area contributed by atoms with E-state index >= 15 is 0 Å². The number of morpholine rings is 1. The third-order valence-corrected chi connectivity index (χ3v) is 2.51. The number of rotatable bonds is 6. The zero-order valence-electron chi connectivity index (χ0n) is 9.78. The minimum absolute atomic E-state index is 0.157. The highest BCUT2D eigenvalue weighted by Gasteiger charge is 2.13. The van der Waals surface area contributed by atoms with Crippen molar-refractivity contribution in [2.75, 3.05) is 53.1 Å². The third-order valence-electron chi connectivity index (χ3n) is 2.51. The lowest BCUT2D eigenvalue weighted by Gasteiger charge is -2.26. The Morgan fingerprint density at radius 3 is 2.88 bits per heavy atom. The van der Waals surface area contributed by atoms with Gasteiger partial charge in [0.05, 0.1) is 19.8 Å². The van der Waals surface area contributed by atoms with Crippen LogP contribution in [0.4, 0.5) is 0 Å².